The lowest BCUT2D eigenvalue weighted by Gasteiger charge is -2.29. The Hall–Kier alpha value is -9.31. The number of phenols is 1. The number of aliphatic hydroxyl groups excluding tert-OH is 1. The van der Waals surface area contributed by atoms with Gasteiger partial charge in [0.05, 0.1) is 30.7 Å². The predicted octanol–water partition coefficient (Wildman–Crippen LogP) is 6.99. The number of aromatic hydroxyl groups is 1. The van der Waals surface area contributed by atoms with Crippen molar-refractivity contribution in [2.24, 2.45) is 17.4 Å². The normalized spacial score (nSPS) is 19.0. The second-order valence-electron chi connectivity index (χ2n) is 20.7. The Balaban J connectivity index is 1.02. The van der Waals surface area contributed by atoms with Gasteiger partial charge in [0.2, 0.25) is 11.8 Å². The SMILES string of the molecule is Cc1sc2nc1C(=O)N[C@@H]([C@H](O)c1ccccc1)c1nc(cs1)C(=O)N[C@@H](Cc1ccc(O)cc1)C(=O)N1C[C@H](OC(=O)NCCCC(=O)O)[C@H](C)[C@@H]1c1nc(cs1)-c1nc(cs1)-c1nc(-c3nc(C(N)=O)cs3)ccc1-c1nc(cs1)C(=O)N[C@H]2CC(N)=O. The van der Waals surface area contributed by atoms with Gasteiger partial charge in [0.15, 0.2) is 0 Å². The van der Waals surface area contributed by atoms with Crippen molar-refractivity contribution in [1.29, 1.82) is 0 Å². The van der Waals surface area contributed by atoms with Crippen molar-refractivity contribution in [3.8, 4) is 49.1 Å². The molecule has 2 aromatic carbocycles. The lowest BCUT2D eigenvalue weighted by molar-refractivity contribution is -0.137. The standard InChI is InChI=1S/C58H52N14O12S6/c1-25-39(84-58(83)61-16-6-9-41(75)76)19-72-45(25)56-69-38(24-89-56)53-65-34(20-86-53)43-30(14-15-31(62-43)52-66-35(21-87-52)47(60)78)51-67-36(22-85-51)48(79)63-32(18-40(59)74)54-71-42(26(2)90-54)50(81)70-44(46(77)28-7-4-3-5-8-28)55-68-37(23-88-55)49(80)64-33(57(72)82)17-27-10-12-29(73)13-11-27/h3-5,7-8,10-15,20-25,32-33,39,44-46,73,77H,6,9,16-19H2,1-2H3,(H2,59,74)(H2,60,78)(H,61,83)(H,63,79)(H,64,80)(H,70,81)(H,75,76)/t25-,32-,33-,39-,44-,45+,46+/m0/s1. The molecule has 0 unspecified atom stereocenters. The van der Waals surface area contributed by atoms with E-state index in [-0.39, 0.29) is 70.9 Å². The Morgan fingerprint density at radius 3 is 2.09 bits per heavy atom. The smallest absolute Gasteiger partial charge is 0.407 e. The number of benzene rings is 2. The van der Waals surface area contributed by atoms with Crippen molar-refractivity contribution in [2.45, 2.75) is 75.9 Å². The molecule has 1 saturated heterocycles. The van der Waals surface area contributed by atoms with Crippen LogP contribution in [0.15, 0.2) is 93.6 Å². The number of carbonyl (C=O) groups is 8. The monoisotopic (exact) mass is 1330 g/mol. The highest BCUT2D eigenvalue weighted by Crippen LogP contribution is 2.44. The van der Waals surface area contributed by atoms with Crippen LogP contribution in [0.3, 0.4) is 0 Å². The minimum absolute atomic E-state index is 0.00178. The number of fused-ring (bicyclic) bond motifs is 16. The summed E-state index contributed by atoms with van der Waals surface area (Å²) in [5.41, 5.74) is 13.8. The molecule has 0 spiro atoms. The average Bonchev–Trinajstić information content (AvgIpc) is 1.73. The molecule has 9 aromatic rings. The molecule has 7 atom stereocenters. The Kier molecular flexibility index (Phi) is 18.6. The van der Waals surface area contributed by atoms with E-state index in [1.54, 1.807) is 79.2 Å². The number of aromatic nitrogens is 7. The van der Waals surface area contributed by atoms with E-state index in [2.05, 4.69) is 36.2 Å². The number of thiazole rings is 6. The van der Waals surface area contributed by atoms with Crippen LogP contribution in [0.4, 0.5) is 4.79 Å². The number of carbonyl (C=O) groups excluding carboxylic acids is 7. The lowest BCUT2D eigenvalue weighted by atomic mass is 10.00. The van der Waals surface area contributed by atoms with Gasteiger partial charge in [0.1, 0.15) is 99.9 Å². The van der Waals surface area contributed by atoms with Gasteiger partial charge in [0.25, 0.3) is 23.6 Å². The maximum absolute atomic E-state index is 15.6. The lowest BCUT2D eigenvalue weighted by Crippen LogP contribution is -2.50. The molecule has 0 aliphatic carbocycles. The van der Waals surface area contributed by atoms with Crippen LogP contribution in [-0.4, -0.2) is 128 Å². The third-order valence-corrected chi connectivity index (χ3v) is 20.1. The molecule has 7 amide bonds. The molecule has 0 radical (unpaired) electrons. The summed E-state index contributed by atoms with van der Waals surface area (Å²) < 4.78 is 5.97. The number of amides is 7. The highest BCUT2D eigenvalue weighted by atomic mass is 32.1. The molecule has 26 nitrogen and oxygen atoms in total. The van der Waals surface area contributed by atoms with Crippen molar-refractivity contribution in [3.63, 3.8) is 0 Å². The number of phenolic OH excluding ortho intramolecular Hbond substituents is 1. The van der Waals surface area contributed by atoms with Crippen LogP contribution in [0.1, 0.15) is 123 Å². The van der Waals surface area contributed by atoms with E-state index >= 15 is 4.79 Å². The Morgan fingerprint density at radius 2 is 1.36 bits per heavy atom. The van der Waals surface area contributed by atoms with Crippen LogP contribution in [0.5, 0.6) is 5.75 Å². The summed E-state index contributed by atoms with van der Waals surface area (Å²) in [7, 11) is 0. The van der Waals surface area contributed by atoms with Crippen LogP contribution in [0, 0.1) is 12.8 Å². The zero-order chi connectivity index (χ0) is 63.5. The number of nitrogens with two attached hydrogens (primary N) is 2. The van der Waals surface area contributed by atoms with Crippen LogP contribution in [0.2, 0.25) is 0 Å². The fourth-order valence-corrected chi connectivity index (χ4v) is 15.4. The second-order valence-corrected chi connectivity index (χ2v) is 26.3. The Bertz CT molecular complexity index is 4220. The molecule has 7 aromatic heterocycles. The van der Waals surface area contributed by atoms with Crippen molar-refractivity contribution >= 4 is 116 Å². The average molecular weight is 1330 g/mol. The number of nitrogens with one attached hydrogen (secondary N) is 4. The number of carboxylic acids is 1. The maximum atomic E-state index is 15.6. The van der Waals surface area contributed by atoms with E-state index in [4.69, 9.17) is 36.1 Å². The summed E-state index contributed by atoms with van der Waals surface area (Å²) in [6.45, 7) is 3.22. The fourth-order valence-electron chi connectivity index (χ4n) is 10.0. The number of hydrogen-bond donors (Lipinski definition) is 9. The van der Waals surface area contributed by atoms with Crippen LogP contribution < -0.4 is 32.7 Å². The first kappa shape index (κ1) is 62.3. The number of aryl methyl sites for hydroxylation is 1. The largest absolute Gasteiger partial charge is 0.508 e. The van der Waals surface area contributed by atoms with Gasteiger partial charge in [-0.15, -0.1) is 68.0 Å². The van der Waals surface area contributed by atoms with Crippen LogP contribution in [-0.2, 0) is 25.5 Å². The molecular weight excluding hydrogens is 1280 g/mol. The molecule has 1 fully saturated rings. The van der Waals surface area contributed by atoms with Crippen molar-refractivity contribution in [3.05, 3.63) is 147 Å². The van der Waals surface area contributed by atoms with E-state index in [1.807, 2.05) is 0 Å². The van der Waals surface area contributed by atoms with E-state index in [0.717, 1.165) is 45.3 Å². The molecule has 2 aliphatic heterocycles. The first-order valence-electron chi connectivity index (χ1n) is 27.5. The molecular formula is C58H52N14O12S6. The number of nitrogens with zero attached hydrogens (tertiary/aromatic N) is 8. The third kappa shape index (κ3) is 13.8. The molecule has 9 heterocycles. The Labute approximate surface area is 534 Å². The zero-order valence-corrected chi connectivity index (χ0v) is 52.1. The minimum Gasteiger partial charge on any atom is -0.508 e. The van der Waals surface area contributed by atoms with Crippen molar-refractivity contribution in [2.75, 3.05) is 13.1 Å². The quantitative estimate of drug-likeness (QED) is 0.0525. The number of aliphatic carboxylic acids is 1. The number of rotatable bonds is 13. The number of pyridine rings is 1. The van der Waals surface area contributed by atoms with E-state index in [9.17, 15) is 48.9 Å². The predicted molar refractivity (Wildman–Crippen MR) is 334 cm³/mol. The van der Waals surface area contributed by atoms with Crippen LogP contribution >= 0.6 is 68.0 Å². The van der Waals surface area contributed by atoms with Crippen molar-refractivity contribution < 1.29 is 58.4 Å². The molecule has 90 heavy (non-hydrogen) atoms. The molecule has 462 valence electrons. The number of carboxylic acid groups (broad SMARTS) is 1. The van der Waals surface area contributed by atoms with Crippen LogP contribution in [0.25, 0.3) is 43.4 Å². The number of primary amides is 2. The maximum Gasteiger partial charge on any atom is 0.407 e. The number of ether oxygens (including phenoxy) is 1. The highest BCUT2D eigenvalue weighted by Gasteiger charge is 2.48. The van der Waals surface area contributed by atoms with Gasteiger partial charge in [-0.05, 0) is 48.7 Å². The minimum atomic E-state index is -1.45. The van der Waals surface area contributed by atoms with E-state index < -0.39 is 96.2 Å². The van der Waals surface area contributed by atoms with Crippen molar-refractivity contribution in [1.82, 2.24) is 61.1 Å². The summed E-state index contributed by atoms with van der Waals surface area (Å²) in [6, 6.07) is 13.2. The van der Waals surface area contributed by atoms with Gasteiger partial charge >= 0.3 is 12.1 Å². The number of aliphatic hydroxyl groups is 1. The molecule has 2 aliphatic rings. The second kappa shape index (κ2) is 26.8. The topological polar surface area (TPSA) is 400 Å². The molecule has 11 rings (SSSR count). The summed E-state index contributed by atoms with van der Waals surface area (Å²) in [6.07, 6.45) is -3.85. The molecule has 10 bridgehead atoms. The van der Waals surface area contributed by atoms with Gasteiger partial charge in [-0.25, -0.2) is 39.7 Å². The molecule has 11 N–H and O–H groups in total. The van der Waals surface area contributed by atoms with Gasteiger partial charge < -0.3 is 57.7 Å². The van der Waals surface area contributed by atoms with Gasteiger partial charge in [-0.2, -0.15) is 0 Å². The summed E-state index contributed by atoms with van der Waals surface area (Å²) >= 11 is 6.67. The van der Waals surface area contributed by atoms with Gasteiger partial charge in [-0.1, -0.05) is 49.4 Å². The van der Waals surface area contributed by atoms with Gasteiger partial charge in [-0.3, -0.25) is 33.6 Å². The third-order valence-electron chi connectivity index (χ3n) is 14.5. The highest BCUT2D eigenvalue weighted by molar-refractivity contribution is 7.15. The zero-order valence-electron chi connectivity index (χ0n) is 47.2. The first-order valence-corrected chi connectivity index (χ1v) is 32.7. The fraction of sp³-hybridized carbons (Fsp3) is 0.259. The van der Waals surface area contributed by atoms with E-state index in [1.165, 1.54) is 55.8 Å². The Morgan fingerprint density at radius 1 is 0.700 bits per heavy atom. The molecule has 0 saturated carbocycles. The van der Waals surface area contributed by atoms with E-state index in [0.29, 0.717) is 64.4 Å². The summed E-state index contributed by atoms with van der Waals surface area (Å²) in [4.78, 5) is 144. The number of hydrogen-bond acceptors (Lipinski definition) is 24. The first-order chi connectivity index (χ1) is 43.2. The molecule has 32 heteroatoms. The summed E-state index contributed by atoms with van der Waals surface area (Å²) in [5.74, 6) is -6.15. The van der Waals surface area contributed by atoms with Gasteiger partial charge in [0, 0.05) is 62.6 Å². The number of alkyl carbamates (subject to hydrolysis) is 1. The summed E-state index contributed by atoms with van der Waals surface area (Å²) in [5, 5.41) is 52.3.